The van der Waals surface area contributed by atoms with Crippen molar-refractivity contribution in [2.24, 2.45) is 0 Å². The third-order valence-corrected chi connectivity index (χ3v) is 4.10. The average Bonchev–Trinajstić information content (AvgIpc) is 3.09. The van der Waals surface area contributed by atoms with Gasteiger partial charge in [-0.3, -0.25) is 0 Å². The minimum atomic E-state index is 0.118. The summed E-state index contributed by atoms with van der Waals surface area (Å²) in [7, 11) is 0. The third kappa shape index (κ3) is 6.01. The van der Waals surface area contributed by atoms with Gasteiger partial charge in [0.15, 0.2) is 0 Å². The van der Waals surface area contributed by atoms with Gasteiger partial charge in [0.1, 0.15) is 23.0 Å². The fourth-order valence-corrected chi connectivity index (χ4v) is 2.52. The van der Waals surface area contributed by atoms with Gasteiger partial charge in [-0.25, -0.2) is 0 Å². The molecule has 1 aromatic carbocycles. The molecule has 2 rings (SSSR count). The first-order valence-corrected chi connectivity index (χ1v) is 8.76. The Balaban J connectivity index is 1.74. The van der Waals surface area contributed by atoms with Gasteiger partial charge in [0.25, 0.3) is 0 Å². The summed E-state index contributed by atoms with van der Waals surface area (Å²) in [5.41, 5.74) is 1.68. The largest absolute Gasteiger partial charge is 0.508 e. The molecule has 5 heteroatoms. The van der Waals surface area contributed by atoms with Crippen LogP contribution in [0.3, 0.4) is 0 Å². The lowest BCUT2D eigenvalue weighted by molar-refractivity contribution is 0.344. The smallest absolute Gasteiger partial charge is 0.147 e. The van der Waals surface area contributed by atoms with Crippen molar-refractivity contribution in [1.82, 2.24) is 5.16 Å². The summed E-state index contributed by atoms with van der Waals surface area (Å²) in [4.78, 5) is 0. The Morgan fingerprint density at radius 1 is 1.33 bits per heavy atom. The van der Waals surface area contributed by atoms with E-state index < -0.39 is 0 Å². The molecule has 0 radical (unpaired) electrons. The van der Waals surface area contributed by atoms with Gasteiger partial charge in [0.2, 0.25) is 0 Å². The fourth-order valence-electron chi connectivity index (χ4n) is 1.84. The normalized spacial score (nSPS) is 12.2. The molecule has 1 N–H and O–H groups in total. The Labute approximate surface area is 146 Å². The zero-order valence-electron chi connectivity index (χ0n) is 13.6. The number of rotatable bonds is 9. The monoisotopic (exact) mass is 343 g/mol. The Morgan fingerprint density at radius 2 is 2.12 bits per heavy atom. The molecule has 4 nitrogen and oxygen atoms in total. The first kappa shape index (κ1) is 17.9. The molecule has 1 heterocycles. The van der Waals surface area contributed by atoms with E-state index in [4.69, 9.17) is 9.26 Å². The molecule has 0 unspecified atom stereocenters. The highest BCUT2D eigenvalue weighted by molar-refractivity contribution is 7.98. The van der Waals surface area contributed by atoms with Crippen molar-refractivity contribution in [3.05, 3.63) is 78.4 Å². The summed E-state index contributed by atoms with van der Waals surface area (Å²) >= 11 is 1.73. The number of allylic oxidation sites excluding steroid dienone is 4. The van der Waals surface area contributed by atoms with E-state index >= 15 is 0 Å². The number of nitrogens with zero attached hydrogens (tertiary/aromatic N) is 1. The maximum absolute atomic E-state index is 9.35. The van der Waals surface area contributed by atoms with Crippen molar-refractivity contribution < 1.29 is 14.4 Å². The van der Waals surface area contributed by atoms with Gasteiger partial charge in [-0.15, -0.1) is 0 Å². The van der Waals surface area contributed by atoms with Gasteiger partial charge in [-0.1, -0.05) is 36.0 Å². The minimum absolute atomic E-state index is 0.118. The zero-order valence-corrected chi connectivity index (χ0v) is 14.5. The molecule has 0 saturated heterocycles. The molecule has 24 heavy (non-hydrogen) atoms. The first-order valence-electron chi connectivity index (χ1n) is 7.60. The van der Waals surface area contributed by atoms with Crippen LogP contribution in [0.1, 0.15) is 18.4 Å². The highest BCUT2D eigenvalue weighted by atomic mass is 32.2. The molecule has 0 aliphatic heterocycles. The van der Waals surface area contributed by atoms with Gasteiger partial charge in [0.05, 0.1) is 12.4 Å². The number of benzene rings is 1. The van der Waals surface area contributed by atoms with Crippen molar-refractivity contribution in [3.63, 3.8) is 0 Å². The second-order valence-corrected chi connectivity index (χ2v) is 6.14. The van der Waals surface area contributed by atoms with Crippen LogP contribution in [0.15, 0.2) is 71.5 Å². The molecule has 0 spiro atoms. The summed E-state index contributed by atoms with van der Waals surface area (Å²) in [5.74, 6) is 3.44. The molecule has 0 bridgehead atoms. The molecule has 2 aromatic rings. The van der Waals surface area contributed by atoms with Crippen LogP contribution in [0.25, 0.3) is 5.57 Å². The average molecular weight is 343 g/mol. The van der Waals surface area contributed by atoms with Crippen LogP contribution < -0.4 is 4.74 Å². The van der Waals surface area contributed by atoms with Gasteiger partial charge in [0, 0.05) is 11.8 Å². The molecule has 0 atom stereocenters. The van der Waals surface area contributed by atoms with E-state index in [-0.39, 0.29) is 5.76 Å². The Morgan fingerprint density at radius 3 is 2.88 bits per heavy atom. The van der Waals surface area contributed by atoms with Crippen LogP contribution in [-0.2, 0) is 5.75 Å². The molecule has 126 valence electrons. The van der Waals surface area contributed by atoms with Crippen LogP contribution in [0.2, 0.25) is 0 Å². The summed E-state index contributed by atoms with van der Waals surface area (Å²) in [5, 5.41) is 13.4. The van der Waals surface area contributed by atoms with Crippen molar-refractivity contribution in [2.45, 2.75) is 12.7 Å². The number of ether oxygens (including phenoxy) is 1. The van der Waals surface area contributed by atoms with Gasteiger partial charge in [-0.2, -0.15) is 11.8 Å². The Hall–Kier alpha value is -2.40. The van der Waals surface area contributed by atoms with Crippen LogP contribution >= 0.6 is 11.8 Å². The zero-order chi connectivity index (χ0) is 17.2. The molecule has 0 saturated carbocycles. The number of hydrogen-bond acceptors (Lipinski definition) is 5. The molecular weight excluding hydrogens is 322 g/mol. The van der Waals surface area contributed by atoms with Crippen molar-refractivity contribution >= 4 is 17.3 Å². The Bertz CT molecular complexity index is 704. The van der Waals surface area contributed by atoms with Gasteiger partial charge in [-0.05, 0) is 36.8 Å². The lowest BCUT2D eigenvalue weighted by Gasteiger charge is -2.04. The van der Waals surface area contributed by atoms with Gasteiger partial charge < -0.3 is 14.4 Å². The van der Waals surface area contributed by atoms with Crippen LogP contribution in [0.4, 0.5) is 0 Å². The lowest BCUT2D eigenvalue weighted by Crippen LogP contribution is -1.99. The predicted octanol–water partition coefficient (Wildman–Crippen LogP) is 5.02. The van der Waals surface area contributed by atoms with E-state index in [1.165, 1.54) is 6.08 Å². The van der Waals surface area contributed by atoms with Crippen molar-refractivity contribution in [2.75, 3.05) is 12.4 Å². The molecular formula is C19H21NO3S. The van der Waals surface area contributed by atoms with Crippen molar-refractivity contribution in [3.8, 4) is 5.75 Å². The van der Waals surface area contributed by atoms with E-state index in [9.17, 15) is 5.11 Å². The second kappa shape index (κ2) is 9.67. The predicted molar refractivity (Wildman–Crippen MR) is 99.2 cm³/mol. The second-order valence-electron chi connectivity index (χ2n) is 5.04. The first-order chi connectivity index (χ1) is 11.7. The van der Waals surface area contributed by atoms with E-state index in [2.05, 4.69) is 11.7 Å². The summed E-state index contributed by atoms with van der Waals surface area (Å²) in [6, 6.07) is 11.7. The van der Waals surface area contributed by atoms with E-state index in [0.29, 0.717) is 6.61 Å². The molecule has 1 aromatic heterocycles. The summed E-state index contributed by atoms with van der Waals surface area (Å²) in [6.45, 7) is 6.05. The number of aliphatic hydroxyl groups excluding tert-OH is 1. The van der Waals surface area contributed by atoms with Crippen molar-refractivity contribution in [1.29, 1.82) is 0 Å². The topological polar surface area (TPSA) is 55.5 Å². The highest BCUT2D eigenvalue weighted by Crippen LogP contribution is 2.18. The lowest BCUT2D eigenvalue weighted by atomic mass is 10.2. The summed E-state index contributed by atoms with van der Waals surface area (Å²) < 4.78 is 11.0. The van der Waals surface area contributed by atoms with E-state index in [0.717, 1.165) is 34.3 Å². The number of hydrogen-bond donors (Lipinski definition) is 1. The molecule has 0 fully saturated rings. The number of aliphatic hydroxyl groups is 1. The third-order valence-electron chi connectivity index (χ3n) is 3.16. The number of para-hydroxylation sites is 1. The highest BCUT2D eigenvalue weighted by Gasteiger charge is 2.05. The fraction of sp³-hybridized carbons (Fsp3) is 0.211. The summed E-state index contributed by atoms with van der Waals surface area (Å²) in [6.07, 6.45) is 4.73. The maximum atomic E-state index is 9.35. The maximum Gasteiger partial charge on any atom is 0.147 e. The van der Waals surface area contributed by atoms with Crippen LogP contribution in [0, 0.1) is 0 Å². The minimum Gasteiger partial charge on any atom is -0.508 e. The SMILES string of the molecule is C=C/C(O)=C\C=C(/C)c1cc(CSCCOc2ccccc2)on1. The van der Waals surface area contributed by atoms with Gasteiger partial charge >= 0.3 is 0 Å². The number of aromatic nitrogens is 1. The van der Waals surface area contributed by atoms with Crippen LogP contribution in [-0.4, -0.2) is 22.6 Å². The molecule has 0 aliphatic rings. The standard InChI is InChI=1S/C19H21NO3S/c1-3-16(21)10-9-15(2)19-13-18(23-20-19)14-24-12-11-22-17-7-5-4-6-8-17/h3-10,13,21H,1,11-12,14H2,2H3/b15-9+,16-10+. The molecule has 0 aliphatic carbocycles. The van der Waals surface area contributed by atoms with E-state index in [1.54, 1.807) is 23.9 Å². The van der Waals surface area contributed by atoms with E-state index in [1.807, 2.05) is 43.3 Å². The quantitative estimate of drug-likeness (QED) is 0.394. The number of thioether (sulfide) groups is 1. The molecule has 0 amide bonds. The Kier molecular flexibility index (Phi) is 7.23. The van der Waals surface area contributed by atoms with Crippen LogP contribution in [0.5, 0.6) is 5.75 Å².